The van der Waals surface area contributed by atoms with E-state index >= 15 is 0 Å². The first-order valence-corrected chi connectivity index (χ1v) is 7.91. The largest absolute Gasteiger partial charge is 0.326 e. The van der Waals surface area contributed by atoms with Crippen molar-refractivity contribution in [3.63, 3.8) is 0 Å². The molecule has 110 valence electrons. The Labute approximate surface area is 128 Å². The maximum absolute atomic E-state index is 12.3. The van der Waals surface area contributed by atoms with Gasteiger partial charge in [0.1, 0.15) is 4.64 Å². The zero-order valence-electron chi connectivity index (χ0n) is 12.0. The molecule has 1 aliphatic carbocycles. The summed E-state index contributed by atoms with van der Waals surface area (Å²) in [5.74, 6) is 0. The van der Waals surface area contributed by atoms with Crippen molar-refractivity contribution in [2.45, 2.75) is 45.1 Å². The van der Waals surface area contributed by atoms with Gasteiger partial charge in [-0.1, -0.05) is 24.7 Å². The number of nitrogens with zero attached hydrogens (tertiary/aromatic N) is 2. The zero-order chi connectivity index (χ0) is 14.7. The lowest BCUT2D eigenvalue weighted by molar-refractivity contribution is 0.593. The van der Waals surface area contributed by atoms with E-state index in [-0.39, 0.29) is 5.69 Å². The lowest BCUT2D eigenvalue weighted by Gasteiger charge is -2.15. The number of fused-ring (bicyclic) bond motifs is 1. The van der Waals surface area contributed by atoms with Gasteiger partial charge in [0, 0.05) is 36.1 Å². The van der Waals surface area contributed by atoms with Gasteiger partial charge in [0.25, 0.3) is 0 Å². The van der Waals surface area contributed by atoms with Crippen LogP contribution in [-0.4, -0.2) is 14.5 Å². The van der Waals surface area contributed by atoms with E-state index in [0.29, 0.717) is 11.2 Å². The average Bonchev–Trinajstić information content (AvgIpc) is 2.74. The molecule has 1 aliphatic rings. The highest BCUT2D eigenvalue weighted by Crippen LogP contribution is 2.20. The number of pyridine rings is 1. The second kappa shape index (κ2) is 6.35. The van der Waals surface area contributed by atoms with Crippen molar-refractivity contribution in [3.05, 3.63) is 56.5 Å². The van der Waals surface area contributed by atoms with Gasteiger partial charge in [-0.25, -0.2) is 4.79 Å². The Morgan fingerprint density at radius 3 is 2.90 bits per heavy atom. The number of hydrogen-bond acceptors (Lipinski definition) is 3. The summed E-state index contributed by atoms with van der Waals surface area (Å²) < 4.78 is 2.50. The van der Waals surface area contributed by atoms with Crippen LogP contribution in [0.15, 0.2) is 29.2 Å². The van der Waals surface area contributed by atoms with Gasteiger partial charge in [0.05, 0.1) is 0 Å². The Morgan fingerprint density at radius 1 is 1.24 bits per heavy atom. The molecular weight excluding hydrogens is 282 g/mol. The van der Waals surface area contributed by atoms with Crippen molar-refractivity contribution in [2.24, 2.45) is 0 Å². The topological polar surface area (TPSA) is 50.7 Å². The molecule has 4 nitrogen and oxygen atoms in total. The third kappa shape index (κ3) is 3.13. The highest BCUT2D eigenvalue weighted by atomic mass is 32.1. The first-order valence-electron chi connectivity index (χ1n) is 7.50. The predicted molar refractivity (Wildman–Crippen MR) is 85.1 cm³/mol. The van der Waals surface area contributed by atoms with E-state index in [1.165, 1.54) is 12.0 Å². The number of rotatable bonds is 3. The van der Waals surface area contributed by atoms with E-state index in [2.05, 4.69) is 9.97 Å². The van der Waals surface area contributed by atoms with Crippen LogP contribution in [0.4, 0.5) is 0 Å². The highest BCUT2D eigenvalue weighted by molar-refractivity contribution is 7.71. The molecule has 2 aromatic rings. The second-order valence-electron chi connectivity index (χ2n) is 5.47. The smallest absolute Gasteiger partial charge is 0.298 e. The summed E-state index contributed by atoms with van der Waals surface area (Å²) >= 11 is 5.34. The fourth-order valence-corrected chi connectivity index (χ4v) is 3.29. The standard InChI is InChI=1S/C16H19N3OS/c20-16-18-15(21)13-7-2-1-3-8-14(13)19(16)11-9-12-6-4-5-10-17-12/h4-6,10H,1-3,7-9,11H2,(H,18,20,21). The molecule has 1 N–H and O–H groups in total. The fraction of sp³-hybridized carbons (Fsp3) is 0.438. The van der Waals surface area contributed by atoms with Crippen LogP contribution >= 0.6 is 12.2 Å². The van der Waals surface area contributed by atoms with Crippen LogP contribution in [0.2, 0.25) is 0 Å². The summed E-state index contributed by atoms with van der Waals surface area (Å²) in [6.07, 6.45) is 7.98. The summed E-state index contributed by atoms with van der Waals surface area (Å²) in [6.45, 7) is 0.657. The Hall–Kier alpha value is -1.75. The molecule has 0 amide bonds. The van der Waals surface area contributed by atoms with Crippen molar-refractivity contribution in [1.82, 2.24) is 14.5 Å². The van der Waals surface area contributed by atoms with Crippen molar-refractivity contribution in [2.75, 3.05) is 0 Å². The SMILES string of the molecule is O=c1[nH]c(=S)c2c(n1CCc1ccccn1)CCCCC2. The Morgan fingerprint density at radius 2 is 2.10 bits per heavy atom. The number of H-pyrrole nitrogens is 1. The lowest BCUT2D eigenvalue weighted by Crippen LogP contribution is -2.29. The molecule has 5 heteroatoms. The van der Waals surface area contributed by atoms with Gasteiger partial charge in [-0.3, -0.25) is 14.5 Å². The zero-order valence-corrected chi connectivity index (χ0v) is 12.8. The van der Waals surface area contributed by atoms with Crippen LogP contribution < -0.4 is 5.69 Å². The molecule has 2 aromatic heterocycles. The molecule has 0 atom stereocenters. The van der Waals surface area contributed by atoms with E-state index in [9.17, 15) is 4.79 Å². The molecule has 0 radical (unpaired) electrons. The van der Waals surface area contributed by atoms with E-state index < -0.39 is 0 Å². The van der Waals surface area contributed by atoms with Gasteiger partial charge in [-0.05, 0) is 37.8 Å². The minimum Gasteiger partial charge on any atom is -0.298 e. The van der Waals surface area contributed by atoms with Crippen molar-refractivity contribution in [3.8, 4) is 0 Å². The Kier molecular flexibility index (Phi) is 4.29. The summed E-state index contributed by atoms with van der Waals surface area (Å²) in [5.41, 5.74) is 3.23. The van der Waals surface area contributed by atoms with Gasteiger partial charge in [0.2, 0.25) is 0 Å². The fourth-order valence-electron chi connectivity index (χ4n) is 2.98. The summed E-state index contributed by atoms with van der Waals surface area (Å²) in [7, 11) is 0. The number of aromatic amines is 1. The number of aromatic nitrogens is 3. The molecule has 3 rings (SSSR count). The minimum atomic E-state index is -0.0865. The Balaban J connectivity index is 1.94. The molecule has 0 saturated carbocycles. The maximum atomic E-state index is 12.3. The molecule has 0 fully saturated rings. The number of hydrogen-bond donors (Lipinski definition) is 1. The van der Waals surface area contributed by atoms with Gasteiger partial charge >= 0.3 is 5.69 Å². The van der Waals surface area contributed by atoms with E-state index in [4.69, 9.17) is 12.2 Å². The van der Waals surface area contributed by atoms with Crippen LogP contribution in [0, 0.1) is 4.64 Å². The van der Waals surface area contributed by atoms with Crippen LogP contribution in [0.5, 0.6) is 0 Å². The molecule has 0 spiro atoms. The lowest BCUT2D eigenvalue weighted by atomic mass is 10.1. The molecule has 0 saturated heterocycles. The van der Waals surface area contributed by atoms with Crippen molar-refractivity contribution < 1.29 is 0 Å². The Bertz CT molecular complexity index is 733. The molecular formula is C16H19N3OS. The minimum absolute atomic E-state index is 0.0865. The molecule has 0 unspecified atom stereocenters. The van der Waals surface area contributed by atoms with Crippen molar-refractivity contribution >= 4 is 12.2 Å². The van der Waals surface area contributed by atoms with E-state index in [0.717, 1.165) is 43.5 Å². The van der Waals surface area contributed by atoms with Crippen LogP contribution in [-0.2, 0) is 25.8 Å². The first kappa shape index (κ1) is 14.2. The molecule has 0 bridgehead atoms. The van der Waals surface area contributed by atoms with E-state index in [1.807, 2.05) is 22.8 Å². The van der Waals surface area contributed by atoms with Crippen LogP contribution in [0.3, 0.4) is 0 Å². The number of aryl methyl sites for hydroxylation is 1. The van der Waals surface area contributed by atoms with E-state index in [1.54, 1.807) is 6.20 Å². The quantitative estimate of drug-likeness (QED) is 0.700. The molecule has 0 aromatic carbocycles. The second-order valence-corrected chi connectivity index (χ2v) is 5.88. The molecule has 0 aliphatic heterocycles. The first-order chi connectivity index (χ1) is 10.3. The average molecular weight is 301 g/mol. The summed E-state index contributed by atoms with van der Waals surface area (Å²) in [4.78, 5) is 19.4. The number of nitrogens with one attached hydrogen (secondary N) is 1. The monoisotopic (exact) mass is 301 g/mol. The van der Waals surface area contributed by atoms with Crippen LogP contribution in [0.25, 0.3) is 0 Å². The van der Waals surface area contributed by atoms with Crippen molar-refractivity contribution in [1.29, 1.82) is 0 Å². The molecule has 21 heavy (non-hydrogen) atoms. The van der Waals surface area contributed by atoms with Gasteiger partial charge in [0.15, 0.2) is 0 Å². The third-order valence-corrected chi connectivity index (χ3v) is 4.42. The van der Waals surface area contributed by atoms with Gasteiger partial charge < -0.3 is 0 Å². The third-order valence-electron chi connectivity index (χ3n) is 4.07. The van der Waals surface area contributed by atoms with Crippen LogP contribution in [0.1, 0.15) is 36.2 Å². The molecule has 2 heterocycles. The maximum Gasteiger partial charge on any atom is 0.326 e. The summed E-state index contributed by atoms with van der Waals surface area (Å²) in [6, 6.07) is 5.88. The van der Waals surface area contributed by atoms with Gasteiger partial charge in [-0.15, -0.1) is 0 Å². The normalized spacial score (nSPS) is 14.5. The predicted octanol–water partition coefficient (Wildman–Crippen LogP) is 2.81. The van der Waals surface area contributed by atoms with Gasteiger partial charge in [-0.2, -0.15) is 0 Å². The summed E-state index contributed by atoms with van der Waals surface area (Å²) in [5, 5.41) is 0. The highest BCUT2D eigenvalue weighted by Gasteiger charge is 2.15.